The van der Waals surface area contributed by atoms with Crippen LogP contribution in [-0.2, 0) is 0 Å². The van der Waals surface area contributed by atoms with E-state index in [1.807, 2.05) is 0 Å². The lowest BCUT2D eigenvalue weighted by molar-refractivity contribution is 0.191. The maximum atomic E-state index is 3.70. The molecule has 0 radical (unpaired) electrons. The summed E-state index contributed by atoms with van der Waals surface area (Å²) in [6.07, 6.45) is 5.64. The van der Waals surface area contributed by atoms with E-state index >= 15 is 0 Å². The second-order valence-corrected chi connectivity index (χ2v) is 4.73. The van der Waals surface area contributed by atoms with Gasteiger partial charge < -0.3 is 10.6 Å². The molecule has 1 aliphatic carbocycles. The molecule has 1 saturated carbocycles. The van der Waals surface area contributed by atoms with Gasteiger partial charge in [0.15, 0.2) is 0 Å². The summed E-state index contributed by atoms with van der Waals surface area (Å²) in [7, 11) is 2.24. The van der Waals surface area contributed by atoms with E-state index in [-0.39, 0.29) is 0 Å². The van der Waals surface area contributed by atoms with Crippen LogP contribution < -0.4 is 10.6 Å². The molecule has 2 aliphatic rings. The zero-order chi connectivity index (χ0) is 9.80. The quantitative estimate of drug-likeness (QED) is 0.687. The van der Waals surface area contributed by atoms with Gasteiger partial charge in [0, 0.05) is 38.3 Å². The van der Waals surface area contributed by atoms with Crippen LogP contribution >= 0.6 is 0 Å². The number of hydrogen-bond donors (Lipinski definition) is 2. The van der Waals surface area contributed by atoms with E-state index in [0.717, 1.165) is 25.7 Å². The van der Waals surface area contributed by atoms with E-state index in [1.54, 1.807) is 0 Å². The summed E-state index contributed by atoms with van der Waals surface area (Å²) in [5.41, 5.74) is 0. The predicted octanol–water partition coefficient (Wildman–Crippen LogP) is 0.422. The SMILES string of the molecule is CN1CCNCC1CNC1CCCC1. The summed E-state index contributed by atoms with van der Waals surface area (Å²) >= 11 is 0. The molecule has 2 rings (SSSR count). The molecule has 3 heteroatoms. The highest BCUT2D eigenvalue weighted by Gasteiger charge is 2.20. The van der Waals surface area contributed by atoms with Crippen molar-refractivity contribution in [3.8, 4) is 0 Å². The van der Waals surface area contributed by atoms with Crippen molar-refractivity contribution in [1.29, 1.82) is 0 Å². The molecule has 82 valence electrons. The minimum absolute atomic E-state index is 0.698. The van der Waals surface area contributed by atoms with Crippen molar-refractivity contribution in [3.05, 3.63) is 0 Å². The Morgan fingerprint density at radius 1 is 1.36 bits per heavy atom. The zero-order valence-corrected chi connectivity index (χ0v) is 9.26. The molecule has 0 aromatic heterocycles. The summed E-state index contributed by atoms with van der Waals surface area (Å²) in [6.45, 7) is 4.65. The highest BCUT2D eigenvalue weighted by molar-refractivity contribution is 4.82. The summed E-state index contributed by atoms with van der Waals surface area (Å²) in [5.74, 6) is 0. The van der Waals surface area contributed by atoms with Gasteiger partial charge >= 0.3 is 0 Å². The summed E-state index contributed by atoms with van der Waals surface area (Å²) < 4.78 is 0. The largest absolute Gasteiger partial charge is 0.314 e. The predicted molar refractivity (Wildman–Crippen MR) is 59.5 cm³/mol. The van der Waals surface area contributed by atoms with Crippen LogP contribution in [0.2, 0.25) is 0 Å². The smallest absolute Gasteiger partial charge is 0.0342 e. The second-order valence-electron chi connectivity index (χ2n) is 4.73. The molecule has 0 aromatic carbocycles. The average molecular weight is 197 g/mol. The van der Waals surface area contributed by atoms with E-state index < -0.39 is 0 Å². The Morgan fingerprint density at radius 2 is 2.14 bits per heavy atom. The first-order valence-corrected chi connectivity index (χ1v) is 6.00. The van der Waals surface area contributed by atoms with E-state index in [0.29, 0.717) is 6.04 Å². The molecular weight excluding hydrogens is 174 g/mol. The Bertz CT molecular complexity index is 166. The Hall–Kier alpha value is -0.120. The van der Waals surface area contributed by atoms with Crippen molar-refractivity contribution < 1.29 is 0 Å². The van der Waals surface area contributed by atoms with E-state index in [9.17, 15) is 0 Å². The molecule has 0 bridgehead atoms. The van der Waals surface area contributed by atoms with Gasteiger partial charge in [0.1, 0.15) is 0 Å². The number of likely N-dealkylation sites (N-methyl/N-ethyl adjacent to an activating group) is 1. The third-order valence-electron chi connectivity index (χ3n) is 3.64. The first kappa shape index (κ1) is 10.4. The fraction of sp³-hybridized carbons (Fsp3) is 1.00. The van der Waals surface area contributed by atoms with Gasteiger partial charge in [-0.05, 0) is 19.9 Å². The van der Waals surface area contributed by atoms with Crippen LogP contribution in [0, 0.1) is 0 Å². The molecule has 1 saturated heterocycles. The van der Waals surface area contributed by atoms with E-state index in [1.165, 1.54) is 32.2 Å². The highest BCUT2D eigenvalue weighted by Crippen LogP contribution is 2.17. The summed E-state index contributed by atoms with van der Waals surface area (Å²) in [4.78, 5) is 2.47. The van der Waals surface area contributed by atoms with Crippen LogP contribution in [0.1, 0.15) is 25.7 Å². The lowest BCUT2D eigenvalue weighted by Gasteiger charge is -2.34. The highest BCUT2D eigenvalue weighted by atomic mass is 15.2. The molecule has 1 atom stereocenters. The van der Waals surface area contributed by atoms with Crippen LogP contribution in [0.5, 0.6) is 0 Å². The van der Waals surface area contributed by atoms with E-state index in [4.69, 9.17) is 0 Å². The third-order valence-corrected chi connectivity index (χ3v) is 3.64. The average Bonchev–Trinajstić information content (AvgIpc) is 2.69. The van der Waals surface area contributed by atoms with Crippen molar-refractivity contribution in [2.75, 3.05) is 33.2 Å². The minimum atomic E-state index is 0.698. The van der Waals surface area contributed by atoms with Gasteiger partial charge in [-0.1, -0.05) is 12.8 Å². The fourth-order valence-corrected chi connectivity index (χ4v) is 2.52. The van der Waals surface area contributed by atoms with Gasteiger partial charge in [0.2, 0.25) is 0 Å². The normalized spacial score (nSPS) is 31.1. The minimum Gasteiger partial charge on any atom is -0.314 e. The van der Waals surface area contributed by atoms with E-state index in [2.05, 4.69) is 22.6 Å². The van der Waals surface area contributed by atoms with Crippen LogP contribution in [0.3, 0.4) is 0 Å². The molecule has 0 amide bonds. The van der Waals surface area contributed by atoms with Crippen molar-refractivity contribution in [3.63, 3.8) is 0 Å². The Labute approximate surface area is 87.2 Å². The number of nitrogens with zero attached hydrogens (tertiary/aromatic N) is 1. The van der Waals surface area contributed by atoms with Gasteiger partial charge in [-0.2, -0.15) is 0 Å². The lowest BCUT2D eigenvalue weighted by Crippen LogP contribution is -2.54. The number of rotatable bonds is 3. The number of hydrogen-bond acceptors (Lipinski definition) is 3. The van der Waals surface area contributed by atoms with Gasteiger partial charge in [-0.15, -0.1) is 0 Å². The van der Waals surface area contributed by atoms with Crippen molar-refractivity contribution in [2.24, 2.45) is 0 Å². The summed E-state index contributed by atoms with van der Waals surface area (Å²) in [5, 5.41) is 7.16. The molecule has 1 aliphatic heterocycles. The maximum Gasteiger partial charge on any atom is 0.0342 e. The molecule has 0 spiro atoms. The van der Waals surface area contributed by atoms with Gasteiger partial charge in [0.05, 0.1) is 0 Å². The molecular formula is C11H23N3. The Morgan fingerprint density at radius 3 is 2.86 bits per heavy atom. The fourth-order valence-electron chi connectivity index (χ4n) is 2.52. The van der Waals surface area contributed by atoms with Crippen molar-refractivity contribution >= 4 is 0 Å². The lowest BCUT2D eigenvalue weighted by atomic mass is 10.2. The van der Waals surface area contributed by atoms with Crippen LogP contribution in [0.25, 0.3) is 0 Å². The molecule has 3 nitrogen and oxygen atoms in total. The number of piperazine rings is 1. The standard InChI is InChI=1S/C11H23N3/c1-14-7-6-12-8-11(14)9-13-10-4-2-3-5-10/h10-13H,2-9H2,1H3. The van der Waals surface area contributed by atoms with Gasteiger partial charge in [-0.25, -0.2) is 0 Å². The molecule has 2 fully saturated rings. The van der Waals surface area contributed by atoms with Crippen LogP contribution in [0.4, 0.5) is 0 Å². The van der Waals surface area contributed by atoms with Crippen molar-refractivity contribution in [2.45, 2.75) is 37.8 Å². The Kier molecular flexibility index (Phi) is 3.79. The molecule has 14 heavy (non-hydrogen) atoms. The first-order valence-electron chi connectivity index (χ1n) is 6.00. The number of nitrogens with one attached hydrogen (secondary N) is 2. The molecule has 1 heterocycles. The molecule has 0 aromatic rings. The maximum absolute atomic E-state index is 3.70. The van der Waals surface area contributed by atoms with Crippen LogP contribution in [-0.4, -0.2) is 50.2 Å². The first-order chi connectivity index (χ1) is 6.86. The Balaban J connectivity index is 1.67. The van der Waals surface area contributed by atoms with Gasteiger partial charge in [-0.3, -0.25) is 4.90 Å². The molecule has 2 N–H and O–H groups in total. The second kappa shape index (κ2) is 5.10. The third kappa shape index (κ3) is 2.69. The van der Waals surface area contributed by atoms with Crippen LogP contribution in [0.15, 0.2) is 0 Å². The summed E-state index contributed by atoms with van der Waals surface area (Å²) in [6, 6.07) is 1.51. The molecule has 1 unspecified atom stereocenters. The van der Waals surface area contributed by atoms with Gasteiger partial charge in [0.25, 0.3) is 0 Å². The zero-order valence-electron chi connectivity index (χ0n) is 9.26. The topological polar surface area (TPSA) is 27.3 Å². The van der Waals surface area contributed by atoms with Crippen molar-refractivity contribution in [1.82, 2.24) is 15.5 Å². The monoisotopic (exact) mass is 197 g/mol.